The molecule has 15 heavy (non-hydrogen) atoms. The summed E-state index contributed by atoms with van der Waals surface area (Å²) in [6.45, 7) is 7.79. The Morgan fingerprint density at radius 3 is 2.67 bits per heavy atom. The molecule has 1 rings (SSSR count). The Labute approximate surface area is 93.1 Å². The van der Waals surface area contributed by atoms with Crippen LogP contribution in [0, 0.1) is 5.92 Å². The van der Waals surface area contributed by atoms with E-state index in [1.165, 1.54) is 12.1 Å². The van der Waals surface area contributed by atoms with E-state index in [1.54, 1.807) is 0 Å². The monoisotopic (exact) mass is 206 g/mol. The van der Waals surface area contributed by atoms with Gasteiger partial charge >= 0.3 is 0 Å². The van der Waals surface area contributed by atoms with E-state index in [-0.39, 0.29) is 0 Å². The third-order valence-electron chi connectivity index (χ3n) is 2.76. The minimum Gasteiger partial charge on any atom is -0.313 e. The highest BCUT2D eigenvalue weighted by molar-refractivity contribution is 5.03. The molecule has 0 aliphatic rings. The smallest absolute Gasteiger partial charge is 0.0416 e. The van der Waals surface area contributed by atoms with Crippen molar-refractivity contribution in [2.75, 3.05) is 6.54 Å². The number of pyridine rings is 1. The van der Waals surface area contributed by atoms with Crippen LogP contribution < -0.4 is 5.32 Å². The molecule has 0 aromatic carbocycles. The van der Waals surface area contributed by atoms with Gasteiger partial charge in [-0.2, -0.15) is 0 Å². The zero-order valence-electron chi connectivity index (χ0n) is 10.0. The largest absolute Gasteiger partial charge is 0.313 e. The fourth-order valence-corrected chi connectivity index (χ4v) is 1.78. The lowest BCUT2D eigenvalue weighted by atomic mass is 10.0. The van der Waals surface area contributed by atoms with Gasteiger partial charge in [0.1, 0.15) is 0 Å². The molecule has 0 bridgehead atoms. The first kappa shape index (κ1) is 12.2. The lowest BCUT2D eigenvalue weighted by molar-refractivity contribution is 0.391. The molecule has 1 aromatic rings. The molecule has 1 N–H and O–H groups in total. The molecule has 1 aromatic heterocycles. The molecule has 1 heterocycles. The summed E-state index contributed by atoms with van der Waals surface area (Å²) in [5.41, 5.74) is 1.17. The second-order valence-electron chi connectivity index (χ2n) is 4.28. The van der Waals surface area contributed by atoms with E-state index in [4.69, 9.17) is 0 Å². The molecule has 0 spiro atoms. The van der Waals surface area contributed by atoms with Gasteiger partial charge in [0.05, 0.1) is 0 Å². The van der Waals surface area contributed by atoms with Crippen molar-refractivity contribution in [2.45, 2.75) is 39.7 Å². The summed E-state index contributed by atoms with van der Waals surface area (Å²) in [4.78, 5) is 4.31. The van der Waals surface area contributed by atoms with Crippen LogP contribution in [0.3, 0.4) is 0 Å². The number of aromatic nitrogens is 1. The van der Waals surface area contributed by atoms with Crippen molar-refractivity contribution in [2.24, 2.45) is 5.92 Å². The first-order valence-electron chi connectivity index (χ1n) is 5.87. The third-order valence-corrected chi connectivity index (χ3v) is 2.76. The van der Waals surface area contributed by atoms with E-state index in [2.05, 4.69) is 37.1 Å². The van der Waals surface area contributed by atoms with Crippen molar-refractivity contribution in [1.82, 2.24) is 10.3 Å². The Hall–Kier alpha value is -0.890. The lowest BCUT2D eigenvalue weighted by Crippen LogP contribution is -2.34. The van der Waals surface area contributed by atoms with Crippen LogP contribution in [0.2, 0.25) is 0 Å². The predicted octanol–water partition coefficient (Wildman–Crippen LogP) is 2.65. The summed E-state index contributed by atoms with van der Waals surface area (Å²) in [6.07, 6.45) is 4.07. The van der Waals surface area contributed by atoms with Crippen LogP contribution in [0.1, 0.15) is 32.9 Å². The Morgan fingerprint density at radius 2 is 2.13 bits per heavy atom. The van der Waals surface area contributed by atoms with Gasteiger partial charge in [0, 0.05) is 30.9 Å². The molecule has 84 valence electrons. The summed E-state index contributed by atoms with van der Waals surface area (Å²) in [5.74, 6) is 0.707. The standard InChI is InChI=1S/C13H22N2/c1-4-13(11(2)3)15-10-8-12-7-5-6-9-14-12/h5-7,9,11,13,15H,4,8,10H2,1-3H3/t13-/m0/s1. The van der Waals surface area contributed by atoms with Gasteiger partial charge in [0.2, 0.25) is 0 Å². The van der Waals surface area contributed by atoms with Gasteiger partial charge in [0.25, 0.3) is 0 Å². The minimum atomic E-state index is 0.633. The zero-order chi connectivity index (χ0) is 11.1. The number of hydrogen-bond acceptors (Lipinski definition) is 2. The fourth-order valence-electron chi connectivity index (χ4n) is 1.78. The maximum Gasteiger partial charge on any atom is 0.0416 e. The average molecular weight is 206 g/mol. The summed E-state index contributed by atoms with van der Waals surface area (Å²) < 4.78 is 0. The van der Waals surface area contributed by atoms with E-state index in [1.807, 2.05) is 18.3 Å². The number of rotatable bonds is 6. The van der Waals surface area contributed by atoms with Gasteiger partial charge in [-0.25, -0.2) is 0 Å². The molecule has 2 nitrogen and oxygen atoms in total. The van der Waals surface area contributed by atoms with E-state index in [0.717, 1.165) is 13.0 Å². The second kappa shape index (κ2) is 6.57. The lowest BCUT2D eigenvalue weighted by Gasteiger charge is -2.20. The van der Waals surface area contributed by atoms with Gasteiger partial charge < -0.3 is 5.32 Å². The fraction of sp³-hybridized carbons (Fsp3) is 0.615. The van der Waals surface area contributed by atoms with Crippen LogP contribution in [0.4, 0.5) is 0 Å². The van der Waals surface area contributed by atoms with Gasteiger partial charge in [-0.1, -0.05) is 26.8 Å². The summed E-state index contributed by atoms with van der Waals surface area (Å²) in [6, 6.07) is 6.72. The molecule has 0 aliphatic carbocycles. The van der Waals surface area contributed by atoms with Gasteiger partial charge in [-0.3, -0.25) is 4.98 Å². The average Bonchev–Trinajstić information content (AvgIpc) is 2.25. The molecular formula is C13H22N2. The molecule has 0 amide bonds. The molecule has 0 fully saturated rings. The van der Waals surface area contributed by atoms with E-state index in [9.17, 15) is 0 Å². The molecule has 0 saturated heterocycles. The quantitative estimate of drug-likeness (QED) is 0.774. The van der Waals surface area contributed by atoms with Crippen LogP contribution in [0.25, 0.3) is 0 Å². The molecule has 0 unspecified atom stereocenters. The topological polar surface area (TPSA) is 24.9 Å². The SMILES string of the molecule is CC[C@H](NCCc1ccccn1)C(C)C. The van der Waals surface area contributed by atoms with Crippen LogP contribution in [0.15, 0.2) is 24.4 Å². The Morgan fingerprint density at radius 1 is 1.33 bits per heavy atom. The highest BCUT2D eigenvalue weighted by Gasteiger charge is 2.09. The second-order valence-corrected chi connectivity index (χ2v) is 4.28. The number of nitrogens with one attached hydrogen (secondary N) is 1. The first-order valence-corrected chi connectivity index (χ1v) is 5.87. The summed E-state index contributed by atoms with van der Waals surface area (Å²) in [7, 11) is 0. The summed E-state index contributed by atoms with van der Waals surface area (Å²) >= 11 is 0. The Bertz CT molecular complexity index is 256. The van der Waals surface area contributed by atoms with Crippen molar-refractivity contribution in [3.05, 3.63) is 30.1 Å². The third kappa shape index (κ3) is 4.43. The van der Waals surface area contributed by atoms with Crippen molar-refractivity contribution in [3.8, 4) is 0 Å². The van der Waals surface area contributed by atoms with Gasteiger partial charge in [-0.05, 0) is 24.5 Å². The number of hydrogen-bond donors (Lipinski definition) is 1. The van der Waals surface area contributed by atoms with Gasteiger partial charge in [0.15, 0.2) is 0 Å². The molecule has 0 aliphatic heterocycles. The van der Waals surface area contributed by atoms with E-state index in [0.29, 0.717) is 12.0 Å². The Balaban J connectivity index is 2.27. The normalized spacial score (nSPS) is 13.1. The molecular weight excluding hydrogens is 184 g/mol. The highest BCUT2D eigenvalue weighted by Crippen LogP contribution is 2.05. The predicted molar refractivity (Wildman–Crippen MR) is 64.9 cm³/mol. The van der Waals surface area contributed by atoms with E-state index >= 15 is 0 Å². The Kier molecular flexibility index (Phi) is 5.33. The van der Waals surface area contributed by atoms with Crippen LogP contribution in [-0.4, -0.2) is 17.6 Å². The van der Waals surface area contributed by atoms with Crippen molar-refractivity contribution in [3.63, 3.8) is 0 Å². The minimum absolute atomic E-state index is 0.633. The van der Waals surface area contributed by atoms with Crippen LogP contribution in [0.5, 0.6) is 0 Å². The van der Waals surface area contributed by atoms with Gasteiger partial charge in [-0.15, -0.1) is 0 Å². The van der Waals surface area contributed by atoms with Crippen LogP contribution in [-0.2, 0) is 6.42 Å². The molecule has 0 radical (unpaired) electrons. The van der Waals surface area contributed by atoms with Crippen molar-refractivity contribution in [1.29, 1.82) is 0 Å². The number of nitrogens with zero attached hydrogens (tertiary/aromatic N) is 1. The van der Waals surface area contributed by atoms with Crippen molar-refractivity contribution < 1.29 is 0 Å². The van der Waals surface area contributed by atoms with Crippen LogP contribution >= 0.6 is 0 Å². The molecule has 0 saturated carbocycles. The molecule has 1 atom stereocenters. The van der Waals surface area contributed by atoms with Crippen molar-refractivity contribution >= 4 is 0 Å². The summed E-state index contributed by atoms with van der Waals surface area (Å²) in [5, 5.41) is 3.58. The highest BCUT2D eigenvalue weighted by atomic mass is 14.9. The maximum atomic E-state index is 4.31. The molecule has 2 heteroatoms. The first-order chi connectivity index (χ1) is 7.24. The zero-order valence-corrected chi connectivity index (χ0v) is 10.0. The maximum absolute atomic E-state index is 4.31. The van der Waals surface area contributed by atoms with E-state index < -0.39 is 0 Å².